The maximum atomic E-state index is 13.1. The van der Waals surface area contributed by atoms with Gasteiger partial charge in [0.15, 0.2) is 34.0 Å². The minimum Gasteiger partial charge on any atom is -0.414 e. The van der Waals surface area contributed by atoms with Gasteiger partial charge in [-0.3, -0.25) is 4.57 Å². The first-order chi connectivity index (χ1) is 20.0. The molecule has 4 atom stereocenters. The quantitative estimate of drug-likeness (QED) is 0.230. The van der Waals surface area contributed by atoms with Crippen LogP contribution in [0.15, 0.2) is 35.5 Å². The Morgan fingerprint density at radius 1 is 1.00 bits per heavy atom. The molecule has 3 aromatic rings. The van der Waals surface area contributed by atoms with E-state index in [0.717, 1.165) is 5.56 Å². The van der Waals surface area contributed by atoms with Gasteiger partial charge in [0.2, 0.25) is 5.95 Å². The number of fused-ring (bicyclic) bond motifs is 1. The van der Waals surface area contributed by atoms with Gasteiger partial charge in [0.05, 0.1) is 12.9 Å². The average molecular weight is 666 g/mol. The first kappa shape index (κ1) is 34.5. The van der Waals surface area contributed by atoms with Crippen LogP contribution in [-0.2, 0) is 23.7 Å². The van der Waals surface area contributed by atoms with Crippen molar-refractivity contribution in [2.45, 2.75) is 114 Å². The number of nitrogens with zero attached hydrogens (tertiary/aromatic N) is 4. The molecule has 15 heteroatoms. The second-order valence-electron chi connectivity index (χ2n) is 14.5. The highest BCUT2D eigenvalue weighted by molar-refractivity contribution is 7.87. The van der Waals surface area contributed by atoms with Crippen LogP contribution < -0.4 is 9.92 Å². The van der Waals surface area contributed by atoms with Gasteiger partial charge < -0.3 is 28.6 Å². The molecule has 1 aromatic carbocycles. The smallest absolute Gasteiger partial charge is 0.340 e. The van der Waals surface area contributed by atoms with Gasteiger partial charge in [0.1, 0.15) is 23.2 Å². The number of benzene rings is 1. The lowest BCUT2D eigenvalue weighted by Crippen LogP contribution is -2.51. The lowest BCUT2D eigenvalue weighted by atomic mass is 10.1. The van der Waals surface area contributed by atoms with Crippen molar-refractivity contribution in [1.29, 1.82) is 0 Å². The van der Waals surface area contributed by atoms with E-state index in [4.69, 9.17) is 23.5 Å². The number of hydrogen-bond acceptors (Lipinski definition) is 11. The number of hydrogen-bond donors (Lipinski definition) is 2. The van der Waals surface area contributed by atoms with Crippen LogP contribution in [-0.4, -0.2) is 74.6 Å². The molecule has 1 fully saturated rings. The highest BCUT2D eigenvalue weighted by Crippen LogP contribution is 2.43. The summed E-state index contributed by atoms with van der Waals surface area (Å²) in [4.78, 5) is 12.7. The fraction of sp³-hybridized carbons (Fsp3) is 0.621. The number of nitrogens with two attached hydrogens (primary N) is 1. The molecule has 0 unspecified atom stereocenters. The molecule has 44 heavy (non-hydrogen) atoms. The molecule has 0 spiro atoms. The largest absolute Gasteiger partial charge is 0.414 e. The van der Waals surface area contributed by atoms with E-state index < -0.39 is 51.3 Å². The third kappa shape index (κ3) is 6.88. The van der Waals surface area contributed by atoms with Crippen molar-refractivity contribution in [3.63, 3.8) is 0 Å². The highest BCUT2D eigenvalue weighted by atomic mass is 32.2. The van der Waals surface area contributed by atoms with Crippen molar-refractivity contribution in [3.05, 3.63) is 36.2 Å². The topological polar surface area (TPSA) is 161 Å². The van der Waals surface area contributed by atoms with E-state index in [1.807, 2.05) is 6.92 Å². The van der Waals surface area contributed by atoms with Gasteiger partial charge in [-0.25, -0.2) is 4.98 Å². The Hall–Kier alpha value is -2.41. The molecule has 4 rings (SSSR count). The van der Waals surface area contributed by atoms with E-state index in [0.29, 0.717) is 0 Å². The minimum absolute atomic E-state index is 0.0241. The molecule has 244 valence electrons. The van der Waals surface area contributed by atoms with Crippen molar-refractivity contribution < 1.29 is 31.3 Å². The van der Waals surface area contributed by atoms with Gasteiger partial charge in [-0.2, -0.15) is 18.4 Å². The van der Waals surface area contributed by atoms with Crippen LogP contribution in [0.5, 0.6) is 5.88 Å². The van der Waals surface area contributed by atoms with Gasteiger partial charge in [-0.15, -0.1) is 0 Å². The summed E-state index contributed by atoms with van der Waals surface area (Å²) in [5, 5.41) is 11.6. The number of ether oxygens (including phenoxy) is 1. The van der Waals surface area contributed by atoms with E-state index in [-0.39, 0.29) is 44.6 Å². The summed E-state index contributed by atoms with van der Waals surface area (Å²) >= 11 is 0. The van der Waals surface area contributed by atoms with Gasteiger partial charge in [-0.05, 0) is 55.3 Å². The Balaban J connectivity index is 1.71. The van der Waals surface area contributed by atoms with Crippen LogP contribution in [0.2, 0.25) is 36.3 Å². The number of imidazole rings is 1. The summed E-state index contributed by atoms with van der Waals surface area (Å²) in [6.45, 7) is 23.5. The lowest BCUT2D eigenvalue weighted by Gasteiger charge is -2.41. The second kappa shape index (κ2) is 11.7. The van der Waals surface area contributed by atoms with Crippen molar-refractivity contribution >= 4 is 43.9 Å². The van der Waals surface area contributed by atoms with Gasteiger partial charge >= 0.3 is 10.1 Å². The standard InChI is InChI=1S/C29H47N5O7SSi2/c1-18-12-14-19(15-13-18)42(36,37)40-25-21-24(32-27(30)33-25)34(17-31-21)26-22(35)23(41-44(10,11)29(5,6)7)20(39-26)16-38-43(8,9)28(2,3)4/h12-15,17,20,22-23,26,35H,16H2,1-11H3,(H2,30,32,33)/t20-,22-,23-,26-/m1/s1. The lowest BCUT2D eigenvalue weighted by molar-refractivity contribution is -0.0487. The van der Waals surface area contributed by atoms with Gasteiger partial charge in [-0.1, -0.05) is 59.2 Å². The van der Waals surface area contributed by atoms with E-state index in [2.05, 4.69) is 82.7 Å². The number of aromatic nitrogens is 4. The molecule has 0 amide bonds. The fourth-order valence-electron chi connectivity index (χ4n) is 4.26. The minimum atomic E-state index is -4.25. The molecular weight excluding hydrogens is 619 g/mol. The summed E-state index contributed by atoms with van der Waals surface area (Å²) < 4.78 is 52.8. The molecule has 1 aliphatic rings. The molecule has 0 aliphatic carbocycles. The van der Waals surface area contributed by atoms with E-state index >= 15 is 0 Å². The highest BCUT2D eigenvalue weighted by Gasteiger charge is 2.51. The van der Waals surface area contributed by atoms with Gasteiger partial charge in [0, 0.05) is 0 Å². The molecule has 0 bridgehead atoms. The summed E-state index contributed by atoms with van der Waals surface area (Å²) in [5.74, 6) is -0.557. The van der Waals surface area contributed by atoms with Crippen molar-refractivity contribution in [2.24, 2.45) is 0 Å². The number of aryl methyl sites for hydroxylation is 1. The Morgan fingerprint density at radius 2 is 1.59 bits per heavy atom. The van der Waals surface area contributed by atoms with Crippen molar-refractivity contribution in [2.75, 3.05) is 12.3 Å². The second-order valence-corrected chi connectivity index (χ2v) is 25.6. The zero-order valence-corrected chi connectivity index (χ0v) is 30.4. The summed E-state index contributed by atoms with van der Waals surface area (Å²) in [6, 6.07) is 6.23. The zero-order valence-electron chi connectivity index (χ0n) is 27.6. The molecule has 3 N–H and O–H groups in total. The zero-order chi connectivity index (χ0) is 33.0. The number of nitrogen functional groups attached to an aromatic ring is 1. The molecule has 0 radical (unpaired) electrons. The van der Waals surface area contributed by atoms with Crippen LogP contribution in [0.3, 0.4) is 0 Å². The first-order valence-corrected chi connectivity index (χ1v) is 21.9. The Morgan fingerprint density at radius 3 is 2.16 bits per heavy atom. The normalized spacial score (nSPS) is 22.1. The molecule has 1 saturated heterocycles. The van der Waals surface area contributed by atoms with Gasteiger partial charge in [0.25, 0.3) is 5.88 Å². The third-order valence-electron chi connectivity index (χ3n) is 9.14. The van der Waals surface area contributed by atoms with Crippen molar-refractivity contribution in [1.82, 2.24) is 19.5 Å². The Bertz CT molecular complexity index is 1600. The molecule has 2 aromatic heterocycles. The van der Waals surface area contributed by atoms with Crippen LogP contribution in [0.25, 0.3) is 11.2 Å². The number of aliphatic hydroxyl groups is 1. The molecule has 3 heterocycles. The van der Waals surface area contributed by atoms with Crippen molar-refractivity contribution in [3.8, 4) is 5.88 Å². The monoisotopic (exact) mass is 665 g/mol. The van der Waals surface area contributed by atoms with Crippen LogP contribution >= 0.6 is 0 Å². The first-order valence-electron chi connectivity index (χ1n) is 14.7. The maximum absolute atomic E-state index is 13.1. The summed E-state index contributed by atoms with van der Waals surface area (Å²) in [6.07, 6.45) is -1.98. The molecule has 12 nitrogen and oxygen atoms in total. The number of anilines is 1. The third-order valence-corrected chi connectivity index (χ3v) is 19.3. The molecule has 1 aliphatic heterocycles. The molecular formula is C29H47N5O7SSi2. The predicted molar refractivity (Wildman–Crippen MR) is 174 cm³/mol. The number of rotatable bonds is 9. The summed E-state index contributed by atoms with van der Waals surface area (Å²) in [7, 11) is -8.76. The van der Waals surface area contributed by atoms with E-state index in [1.165, 1.54) is 23.0 Å². The average Bonchev–Trinajstić information content (AvgIpc) is 3.42. The summed E-state index contributed by atoms with van der Waals surface area (Å²) in [5.41, 5.74) is 7.10. The molecule has 0 saturated carbocycles. The maximum Gasteiger partial charge on any atom is 0.340 e. The predicted octanol–water partition coefficient (Wildman–Crippen LogP) is 5.16. The fourth-order valence-corrected chi connectivity index (χ4v) is 7.49. The van der Waals surface area contributed by atoms with Crippen LogP contribution in [0.4, 0.5) is 5.95 Å². The van der Waals surface area contributed by atoms with E-state index in [9.17, 15) is 13.5 Å². The van der Waals surface area contributed by atoms with E-state index in [1.54, 1.807) is 12.1 Å². The Labute approximate surface area is 262 Å². The Kier molecular flexibility index (Phi) is 9.20. The van der Waals surface area contributed by atoms with Crippen LogP contribution in [0, 0.1) is 6.92 Å². The van der Waals surface area contributed by atoms with Crippen LogP contribution in [0.1, 0.15) is 53.3 Å². The number of aliphatic hydroxyl groups excluding tert-OH is 1. The SMILES string of the molecule is Cc1ccc(S(=O)(=O)Oc2nc(N)nc3c2ncn3[C@@H]2O[C@H](CO[Si](C)(C)C(C)(C)C)[C@@H](O[Si](C)(C)C(C)(C)C)[C@H]2O)cc1.